The minimum absolute atomic E-state index is 0.486. The molecule has 0 saturated carbocycles. The van der Waals surface area contributed by atoms with E-state index in [0.29, 0.717) is 6.04 Å². The summed E-state index contributed by atoms with van der Waals surface area (Å²) in [6.45, 7) is 3.08. The first kappa shape index (κ1) is 14.6. The number of benzene rings is 2. The molecule has 2 rings (SSSR count). The summed E-state index contributed by atoms with van der Waals surface area (Å²) in [4.78, 5) is 0. The molecule has 2 aromatic rings. The molecule has 0 aliphatic heterocycles. The van der Waals surface area contributed by atoms with E-state index in [-0.39, 0.29) is 0 Å². The van der Waals surface area contributed by atoms with Crippen molar-refractivity contribution < 1.29 is 4.74 Å². The zero-order valence-corrected chi connectivity index (χ0v) is 12.3. The molecule has 0 bridgehead atoms. The van der Waals surface area contributed by atoms with Crippen molar-refractivity contribution in [3.8, 4) is 5.75 Å². The molecule has 0 aromatic heterocycles. The molecule has 0 aliphatic rings. The number of hydrogen-bond acceptors (Lipinski definition) is 2. The molecule has 0 heterocycles. The zero-order valence-electron chi connectivity index (χ0n) is 12.3. The predicted octanol–water partition coefficient (Wildman–Crippen LogP) is 3.81. The van der Waals surface area contributed by atoms with Crippen LogP contribution in [0.4, 0.5) is 0 Å². The van der Waals surface area contributed by atoms with Gasteiger partial charge in [0, 0.05) is 18.2 Å². The Hall–Kier alpha value is -1.80. The third-order valence-electron chi connectivity index (χ3n) is 3.54. The van der Waals surface area contributed by atoms with E-state index in [4.69, 9.17) is 4.74 Å². The summed E-state index contributed by atoms with van der Waals surface area (Å²) >= 11 is 0. The number of aryl methyl sites for hydroxylation is 1. The Morgan fingerprint density at radius 2 is 1.70 bits per heavy atom. The van der Waals surface area contributed by atoms with E-state index in [9.17, 15) is 0 Å². The summed E-state index contributed by atoms with van der Waals surface area (Å²) in [6, 6.07) is 19.3. The van der Waals surface area contributed by atoms with Crippen molar-refractivity contribution in [1.82, 2.24) is 5.32 Å². The van der Waals surface area contributed by atoms with Crippen molar-refractivity contribution in [3.63, 3.8) is 0 Å². The van der Waals surface area contributed by atoms with Crippen LogP contribution in [0.2, 0.25) is 0 Å². The molecule has 2 heteroatoms. The van der Waals surface area contributed by atoms with Crippen molar-refractivity contribution in [1.29, 1.82) is 0 Å². The fourth-order valence-corrected chi connectivity index (χ4v) is 2.26. The van der Waals surface area contributed by atoms with Crippen LogP contribution in [0, 0.1) is 0 Å². The third kappa shape index (κ3) is 4.39. The normalized spacial score (nSPS) is 12.1. The largest absolute Gasteiger partial charge is 0.496 e. The highest BCUT2D eigenvalue weighted by molar-refractivity contribution is 5.33. The Labute approximate surface area is 121 Å². The minimum atomic E-state index is 0.486. The van der Waals surface area contributed by atoms with Gasteiger partial charge >= 0.3 is 0 Å². The molecule has 0 spiro atoms. The van der Waals surface area contributed by atoms with Crippen LogP contribution in [-0.2, 0) is 13.0 Å². The molecule has 20 heavy (non-hydrogen) atoms. The van der Waals surface area contributed by atoms with Gasteiger partial charge in [-0.3, -0.25) is 0 Å². The van der Waals surface area contributed by atoms with Crippen LogP contribution in [0.5, 0.6) is 5.75 Å². The van der Waals surface area contributed by atoms with Crippen molar-refractivity contribution in [2.45, 2.75) is 32.4 Å². The van der Waals surface area contributed by atoms with Crippen molar-refractivity contribution >= 4 is 0 Å². The van der Waals surface area contributed by atoms with Gasteiger partial charge in [0.25, 0.3) is 0 Å². The monoisotopic (exact) mass is 269 g/mol. The summed E-state index contributed by atoms with van der Waals surface area (Å²) < 4.78 is 5.37. The van der Waals surface area contributed by atoms with Crippen molar-refractivity contribution in [2.75, 3.05) is 7.11 Å². The Morgan fingerprint density at radius 1 is 1.00 bits per heavy atom. The lowest BCUT2D eigenvalue weighted by Crippen LogP contribution is -2.26. The summed E-state index contributed by atoms with van der Waals surface area (Å²) in [5.74, 6) is 0.954. The number of para-hydroxylation sites is 1. The lowest BCUT2D eigenvalue weighted by molar-refractivity contribution is 0.405. The maximum Gasteiger partial charge on any atom is 0.123 e. The van der Waals surface area contributed by atoms with Gasteiger partial charge < -0.3 is 10.1 Å². The van der Waals surface area contributed by atoms with Crippen LogP contribution < -0.4 is 10.1 Å². The maximum atomic E-state index is 5.37. The van der Waals surface area contributed by atoms with Gasteiger partial charge in [0.2, 0.25) is 0 Å². The first-order valence-corrected chi connectivity index (χ1v) is 7.19. The van der Waals surface area contributed by atoms with Gasteiger partial charge in [0.15, 0.2) is 0 Å². The summed E-state index contributed by atoms with van der Waals surface area (Å²) in [7, 11) is 1.72. The van der Waals surface area contributed by atoms with E-state index in [1.807, 2.05) is 18.2 Å². The highest BCUT2D eigenvalue weighted by Gasteiger charge is 2.05. The van der Waals surface area contributed by atoms with Gasteiger partial charge in [0.1, 0.15) is 5.75 Å². The Bertz CT molecular complexity index is 510. The molecule has 0 aliphatic carbocycles. The summed E-state index contributed by atoms with van der Waals surface area (Å²) in [5, 5.41) is 3.56. The smallest absolute Gasteiger partial charge is 0.123 e. The second kappa shape index (κ2) is 7.71. The fraction of sp³-hybridized carbons (Fsp3) is 0.333. The molecule has 2 nitrogen and oxygen atoms in total. The first-order chi connectivity index (χ1) is 9.79. The third-order valence-corrected chi connectivity index (χ3v) is 3.54. The van der Waals surface area contributed by atoms with Gasteiger partial charge in [-0.05, 0) is 31.4 Å². The Morgan fingerprint density at radius 3 is 2.45 bits per heavy atom. The molecular formula is C18H23NO. The lowest BCUT2D eigenvalue weighted by Gasteiger charge is -2.15. The van der Waals surface area contributed by atoms with Crippen LogP contribution in [0.3, 0.4) is 0 Å². The molecular weight excluding hydrogens is 246 g/mol. The molecule has 106 valence electrons. The number of nitrogens with one attached hydrogen (secondary N) is 1. The zero-order chi connectivity index (χ0) is 14.2. The molecule has 0 fully saturated rings. The van der Waals surface area contributed by atoms with E-state index in [0.717, 1.165) is 25.1 Å². The van der Waals surface area contributed by atoms with E-state index in [2.05, 4.69) is 48.6 Å². The predicted molar refractivity (Wildman–Crippen MR) is 84.1 cm³/mol. The van der Waals surface area contributed by atoms with Gasteiger partial charge in [0.05, 0.1) is 7.11 Å². The van der Waals surface area contributed by atoms with Gasteiger partial charge in [-0.2, -0.15) is 0 Å². The van der Waals surface area contributed by atoms with Crippen LogP contribution >= 0.6 is 0 Å². The molecule has 1 atom stereocenters. The van der Waals surface area contributed by atoms with Gasteiger partial charge in [-0.25, -0.2) is 0 Å². The van der Waals surface area contributed by atoms with Crippen molar-refractivity contribution in [2.24, 2.45) is 0 Å². The van der Waals surface area contributed by atoms with Crippen LogP contribution in [-0.4, -0.2) is 13.2 Å². The molecule has 1 N–H and O–H groups in total. The second-order valence-electron chi connectivity index (χ2n) is 5.12. The summed E-state index contributed by atoms with van der Waals surface area (Å²) in [5.41, 5.74) is 2.61. The quantitative estimate of drug-likeness (QED) is 0.825. The Balaban J connectivity index is 1.79. The standard InChI is InChI=1S/C18H23NO/c1-15(12-13-16-8-4-3-5-9-16)19-14-17-10-6-7-11-18(17)20-2/h3-11,15,19H,12-14H2,1-2H3. The van der Waals surface area contributed by atoms with Gasteiger partial charge in [-0.1, -0.05) is 48.5 Å². The molecule has 0 amide bonds. The number of methoxy groups -OCH3 is 1. The van der Waals surface area contributed by atoms with Crippen molar-refractivity contribution in [3.05, 3.63) is 65.7 Å². The molecule has 2 aromatic carbocycles. The Kier molecular flexibility index (Phi) is 5.63. The highest BCUT2D eigenvalue weighted by Crippen LogP contribution is 2.17. The highest BCUT2D eigenvalue weighted by atomic mass is 16.5. The van der Waals surface area contributed by atoms with Crippen LogP contribution in [0.15, 0.2) is 54.6 Å². The van der Waals surface area contributed by atoms with Crippen LogP contribution in [0.1, 0.15) is 24.5 Å². The van der Waals surface area contributed by atoms with E-state index in [1.54, 1.807) is 7.11 Å². The van der Waals surface area contributed by atoms with Crippen LogP contribution in [0.25, 0.3) is 0 Å². The van der Waals surface area contributed by atoms with E-state index >= 15 is 0 Å². The van der Waals surface area contributed by atoms with E-state index in [1.165, 1.54) is 11.1 Å². The number of ether oxygens (including phenoxy) is 1. The minimum Gasteiger partial charge on any atom is -0.496 e. The second-order valence-corrected chi connectivity index (χ2v) is 5.12. The average molecular weight is 269 g/mol. The lowest BCUT2D eigenvalue weighted by atomic mass is 10.1. The molecule has 0 radical (unpaired) electrons. The number of rotatable bonds is 7. The summed E-state index contributed by atoms with van der Waals surface area (Å²) in [6.07, 6.45) is 2.25. The van der Waals surface area contributed by atoms with Gasteiger partial charge in [-0.15, -0.1) is 0 Å². The average Bonchev–Trinajstić information content (AvgIpc) is 2.52. The molecule has 0 saturated heterocycles. The number of hydrogen-bond donors (Lipinski definition) is 1. The molecule has 1 unspecified atom stereocenters. The van der Waals surface area contributed by atoms with E-state index < -0.39 is 0 Å². The SMILES string of the molecule is COc1ccccc1CNC(C)CCc1ccccc1. The first-order valence-electron chi connectivity index (χ1n) is 7.19. The topological polar surface area (TPSA) is 21.3 Å². The fourth-order valence-electron chi connectivity index (χ4n) is 2.26. The maximum absolute atomic E-state index is 5.37.